The van der Waals surface area contributed by atoms with Gasteiger partial charge in [0.1, 0.15) is 42.3 Å². The van der Waals surface area contributed by atoms with E-state index in [4.69, 9.17) is 17.2 Å². The Morgan fingerprint density at radius 2 is 1.50 bits per heavy atom. The van der Waals surface area contributed by atoms with Crippen molar-refractivity contribution >= 4 is 80.8 Å². The van der Waals surface area contributed by atoms with Gasteiger partial charge in [0, 0.05) is 62.9 Å². The third-order valence-corrected chi connectivity index (χ3v) is 13.5. The van der Waals surface area contributed by atoms with Gasteiger partial charge in [0.2, 0.25) is 53.2 Å². The highest BCUT2D eigenvalue weighted by Gasteiger charge is 2.44. The topological polar surface area (TPSA) is 368 Å². The summed E-state index contributed by atoms with van der Waals surface area (Å²) in [5, 5.41) is 32.6. The number of hydrogen-bond acceptors (Lipinski definition) is 11. The largest absolute Gasteiger partial charge is 0.391 e. The summed E-state index contributed by atoms with van der Waals surface area (Å²) < 4.78 is 0. The summed E-state index contributed by atoms with van der Waals surface area (Å²) in [4.78, 5) is 134. The molecule has 2 saturated heterocycles. The number of nitrogens with one attached hydrogen (secondary N) is 8. The van der Waals surface area contributed by atoms with Crippen LogP contribution < -0.4 is 54.4 Å². The van der Waals surface area contributed by atoms with Crippen molar-refractivity contribution in [1.29, 1.82) is 0 Å². The lowest BCUT2D eigenvalue weighted by molar-refractivity contribution is -0.143. The maximum Gasteiger partial charge on any atom is 0.246 e. The quantitative estimate of drug-likeness (QED) is 0.0404. The molecule has 23 nitrogen and oxygen atoms in total. The van der Waals surface area contributed by atoms with Gasteiger partial charge < -0.3 is 69.4 Å². The molecule has 15 N–H and O–H groups in total. The van der Waals surface area contributed by atoms with Crippen LogP contribution >= 0.6 is 0 Å². The minimum atomic E-state index is -1.59. The normalized spacial score (nSPS) is 23.0. The van der Waals surface area contributed by atoms with Crippen LogP contribution in [-0.4, -0.2) is 142 Å². The minimum absolute atomic E-state index is 0.0337. The van der Waals surface area contributed by atoms with E-state index in [0.717, 1.165) is 26.6 Å². The molecule has 408 valence electrons. The molecule has 0 spiro atoms. The summed E-state index contributed by atoms with van der Waals surface area (Å²) in [6, 6.07) is 10.9. The number of hydrogen-bond donors (Lipinski definition) is 12. The first-order chi connectivity index (χ1) is 36.4. The van der Waals surface area contributed by atoms with Crippen molar-refractivity contribution in [3.8, 4) is 0 Å². The molecule has 0 bridgehead atoms. The van der Waals surface area contributed by atoms with Gasteiger partial charge in [-0.3, -0.25) is 48.1 Å². The number of benzene rings is 3. The Balaban J connectivity index is 1.39. The van der Waals surface area contributed by atoms with Gasteiger partial charge in [-0.2, -0.15) is 0 Å². The Labute approximate surface area is 440 Å². The van der Waals surface area contributed by atoms with E-state index in [1.165, 1.54) is 6.92 Å². The molecule has 0 radical (unpaired) electrons. The number of H-pyrrole nitrogens is 1. The second kappa shape index (κ2) is 27.5. The van der Waals surface area contributed by atoms with Gasteiger partial charge in [0.15, 0.2) is 5.96 Å². The first-order valence-electron chi connectivity index (χ1n) is 25.8. The lowest BCUT2D eigenvalue weighted by Crippen LogP contribution is -2.60. The third-order valence-electron chi connectivity index (χ3n) is 13.5. The van der Waals surface area contributed by atoms with Crippen molar-refractivity contribution in [3.05, 3.63) is 84.1 Å². The van der Waals surface area contributed by atoms with Crippen molar-refractivity contribution in [2.45, 2.75) is 139 Å². The average Bonchev–Trinajstić information content (AvgIpc) is 3.99. The molecule has 76 heavy (non-hydrogen) atoms. The predicted octanol–water partition coefficient (Wildman–Crippen LogP) is -0.584. The van der Waals surface area contributed by atoms with E-state index < -0.39 is 108 Å². The number of amides is 9. The zero-order valence-corrected chi connectivity index (χ0v) is 42.9. The zero-order chi connectivity index (χ0) is 54.9. The van der Waals surface area contributed by atoms with E-state index in [2.05, 4.69) is 47.2 Å². The number of guanidine groups is 1. The average molecular weight is 1050 g/mol. The molecule has 23 heteroatoms. The van der Waals surface area contributed by atoms with Crippen LogP contribution in [0.4, 0.5) is 0 Å². The van der Waals surface area contributed by atoms with Crippen LogP contribution in [0.2, 0.25) is 0 Å². The fourth-order valence-electron chi connectivity index (χ4n) is 9.54. The van der Waals surface area contributed by atoms with Crippen LogP contribution in [-0.2, 0) is 56.0 Å². The Hall–Kier alpha value is -8.08. The van der Waals surface area contributed by atoms with Gasteiger partial charge in [-0.15, -0.1) is 0 Å². The van der Waals surface area contributed by atoms with Crippen LogP contribution in [0.25, 0.3) is 21.7 Å². The summed E-state index contributed by atoms with van der Waals surface area (Å²) >= 11 is 0. The second-order valence-electron chi connectivity index (χ2n) is 19.4. The van der Waals surface area contributed by atoms with Crippen LogP contribution in [0.5, 0.6) is 0 Å². The Bertz CT molecular complexity index is 2780. The molecular formula is C53H71N13O10. The number of para-hydroxylation sites is 1. The van der Waals surface area contributed by atoms with Crippen molar-refractivity contribution in [3.63, 3.8) is 0 Å². The van der Waals surface area contributed by atoms with Crippen molar-refractivity contribution in [2.75, 3.05) is 19.6 Å². The number of aliphatic hydroxyl groups is 1. The highest BCUT2D eigenvalue weighted by atomic mass is 16.3. The number of aromatic nitrogens is 1. The van der Waals surface area contributed by atoms with Crippen molar-refractivity contribution < 1.29 is 48.3 Å². The third kappa shape index (κ3) is 16.2. The first kappa shape index (κ1) is 57.2. The van der Waals surface area contributed by atoms with Crippen LogP contribution in [0.15, 0.2) is 77.9 Å². The maximum atomic E-state index is 14.9. The van der Waals surface area contributed by atoms with Crippen molar-refractivity contribution in [1.82, 2.24) is 47.1 Å². The van der Waals surface area contributed by atoms with Gasteiger partial charge in [-0.05, 0) is 66.5 Å². The zero-order valence-electron chi connectivity index (χ0n) is 42.9. The number of rotatable bonds is 15. The maximum absolute atomic E-state index is 14.9. The number of aliphatic imine (C=N–C) groups is 1. The van der Waals surface area contributed by atoms with E-state index >= 15 is 0 Å². The van der Waals surface area contributed by atoms with Gasteiger partial charge in [0.25, 0.3) is 0 Å². The summed E-state index contributed by atoms with van der Waals surface area (Å²) in [5.41, 5.74) is 19.0. The lowest BCUT2D eigenvalue weighted by atomic mass is 9.99. The molecule has 3 aromatic carbocycles. The van der Waals surface area contributed by atoms with Crippen LogP contribution in [0, 0.1) is 0 Å². The number of primary amides is 1. The van der Waals surface area contributed by atoms with Gasteiger partial charge >= 0.3 is 0 Å². The second-order valence-corrected chi connectivity index (χ2v) is 19.4. The number of nitrogens with zero attached hydrogens (tertiary/aromatic N) is 2. The minimum Gasteiger partial charge on any atom is -0.391 e. The molecule has 9 amide bonds. The predicted molar refractivity (Wildman–Crippen MR) is 283 cm³/mol. The number of carbonyl (C=O) groups excluding carboxylic acids is 9. The molecule has 2 aliphatic rings. The molecule has 0 saturated carbocycles. The molecule has 3 heterocycles. The molecule has 0 aliphatic carbocycles. The molecule has 8 atom stereocenters. The summed E-state index contributed by atoms with van der Waals surface area (Å²) in [6.07, 6.45) is 1.51. The number of fused-ring (bicyclic) bond motifs is 3. The highest BCUT2D eigenvalue weighted by molar-refractivity contribution is 5.99. The van der Waals surface area contributed by atoms with E-state index in [9.17, 15) is 48.3 Å². The van der Waals surface area contributed by atoms with Gasteiger partial charge in [0.05, 0.1) is 12.5 Å². The summed E-state index contributed by atoms with van der Waals surface area (Å²) in [5.74, 6) is -7.09. The SMILES string of the molecule is CCCC[C@H](NC(C)=O)C(=O)N[C@H]1CC(=O)NCCCC[C@@H](C(N)=O)NC(=O)C(Cc2c[nH]c3ccccc23)NC(=O)[C@H](CCCN=C(N)N)NC(=O)[C@@H](Cc2ccc3ccccc3c2)NC(=O)[C@@H]2CC(O)CN2C1=O. The van der Waals surface area contributed by atoms with Gasteiger partial charge in [-0.1, -0.05) is 80.4 Å². The summed E-state index contributed by atoms with van der Waals surface area (Å²) in [6.45, 7) is 2.86. The van der Waals surface area contributed by atoms with Crippen molar-refractivity contribution in [2.24, 2.45) is 22.2 Å². The van der Waals surface area contributed by atoms with E-state index in [1.54, 1.807) is 12.3 Å². The Kier molecular flexibility index (Phi) is 20.7. The number of unbranched alkanes of at least 4 members (excludes halogenated alkanes) is 1. The number of aromatic amines is 1. The number of aliphatic hydroxyl groups excluding tert-OH is 1. The number of carbonyl (C=O) groups is 9. The molecule has 2 aliphatic heterocycles. The molecule has 1 aromatic heterocycles. The standard InChI is InChI=1S/C53H71N13O10/c1-3-4-15-39(60-30(2)67)47(71)65-43-27-45(69)57-21-10-9-17-38(46(54)70)61-50(74)42(25-34-28-59-37-16-8-7-14-36(34)37)63-48(72)40(18-11-22-58-53(55)56)62-49(73)41(24-31-19-20-32-12-5-6-13-33(32)23-31)64-51(75)44-26-35(68)29-66(44)52(43)76/h5-8,12-14,16,19-20,23,28,35,38-44,59,68H,3-4,9-11,15,17-18,21-22,24-27,29H2,1-2H3,(H2,54,70)(H,57,69)(H,60,67)(H,61,74)(H,62,73)(H,63,72)(H,64,75)(H,65,71)(H4,55,56,58)/t35?,38-,39-,40-,41+,42?,43-,44-/m0/s1. The molecule has 4 aromatic rings. The first-order valence-corrected chi connectivity index (χ1v) is 25.8. The molecular weight excluding hydrogens is 979 g/mol. The monoisotopic (exact) mass is 1050 g/mol. The lowest BCUT2D eigenvalue weighted by Gasteiger charge is -2.30. The smallest absolute Gasteiger partial charge is 0.246 e. The fourth-order valence-corrected chi connectivity index (χ4v) is 9.54. The summed E-state index contributed by atoms with van der Waals surface area (Å²) in [7, 11) is 0. The molecule has 6 rings (SSSR count). The van der Waals surface area contributed by atoms with E-state index in [1.807, 2.05) is 67.6 Å². The van der Waals surface area contributed by atoms with E-state index in [0.29, 0.717) is 24.0 Å². The highest BCUT2D eigenvalue weighted by Crippen LogP contribution is 2.23. The molecule has 2 unspecified atom stereocenters. The van der Waals surface area contributed by atoms with E-state index in [-0.39, 0.29) is 83.4 Å². The van der Waals surface area contributed by atoms with Gasteiger partial charge in [-0.25, -0.2) is 0 Å². The Morgan fingerprint density at radius 3 is 2.24 bits per heavy atom. The van der Waals surface area contributed by atoms with Crippen LogP contribution in [0.1, 0.15) is 89.2 Å². The van der Waals surface area contributed by atoms with Crippen LogP contribution in [0.3, 0.4) is 0 Å². The molecule has 2 fully saturated rings. The Morgan fingerprint density at radius 1 is 0.816 bits per heavy atom. The number of nitrogens with two attached hydrogens (primary N) is 3. The fraction of sp³-hybridized carbons (Fsp3) is 0.472.